The Kier molecular flexibility index (Phi) is 3.26. The molecule has 0 aromatic heterocycles. The lowest BCUT2D eigenvalue weighted by Crippen LogP contribution is -2.67. The van der Waals surface area contributed by atoms with E-state index in [4.69, 9.17) is 16.3 Å². The van der Waals surface area contributed by atoms with Crippen molar-refractivity contribution in [2.75, 3.05) is 11.9 Å². The topological polar surface area (TPSA) is 21.3 Å². The highest BCUT2D eigenvalue weighted by Crippen LogP contribution is 2.52. The number of fused-ring (bicyclic) bond motifs is 1. The van der Waals surface area contributed by atoms with Gasteiger partial charge < -0.3 is 10.1 Å². The largest absolute Gasteiger partial charge is 0.381 e. The fourth-order valence-corrected chi connectivity index (χ4v) is 4.00. The molecule has 0 spiro atoms. The molecule has 0 amide bonds. The molecule has 104 valence electrons. The summed E-state index contributed by atoms with van der Waals surface area (Å²) in [7, 11) is 0. The van der Waals surface area contributed by atoms with Crippen LogP contribution in [0.3, 0.4) is 0 Å². The number of hydrogen-bond acceptors (Lipinski definition) is 2. The van der Waals surface area contributed by atoms with Crippen molar-refractivity contribution in [3.63, 3.8) is 0 Å². The Balaban J connectivity index is 1.79. The Morgan fingerprint density at radius 3 is 2.89 bits per heavy atom. The molecule has 1 aliphatic heterocycles. The molecule has 2 nitrogen and oxygen atoms in total. The fraction of sp³-hybridized carbons (Fsp3) is 0.625. The van der Waals surface area contributed by atoms with Gasteiger partial charge in [0, 0.05) is 34.7 Å². The van der Waals surface area contributed by atoms with Crippen LogP contribution in [0.1, 0.15) is 32.3 Å². The van der Waals surface area contributed by atoms with Crippen LogP contribution in [0, 0.1) is 18.3 Å². The van der Waals surface area contributed by atoms with Gasteiger partial charge in [-0.1, -0.05) is 25.4 Å². The molecule has 2 aliphatic rings. The summed E-state index contributed by atoms with van der Waals surface area (Å²) in [5, 5.41) is 4.53. The first-order valence-electron chi connectivity index (χ1n) is 7.14. The summed E-state index contributed by atoms with van der Waals surface area (Å²) in [4.78, 5) is 0. The Morgan fingerprint density at radius 2 is 2.16 bits per heavy atom. The van der Waals surface area contributed by atoms with E-state index in [9.17, 15) is 0 Å². The number of aryl methyl sites for hydroxylation is 1. The lowest BCUT2D eigenvalue weighted by atomic mass is 9.55. The zero-order chi connectivity index (χ0) is 13.6. The Labute approximate surface area is 120 Å². The van der Waals surface area contributed by atoms with Crippen LogP contribution in [0.15, 0.2) is 18.2 Å². The molecule has 1 heterocycles. The highest BCUT2D eigenvalue weighted by atomic mass is 35.5. The summed E-state index contributed by atoms with van der Waals surface area (Å²) < 4.78 is 5.95. The van der Waals surface area contributed by atoms with E-state index in [2.05, 4.69) is 32.2 Å². The molecule has 1 saturated heterocycles. The molecule has 1 aromatic carbocycles. The zero-order valence-electron chi connectivity index (χ0n) is 11.9. The van der Waals surface area contributed by atoms with E-state index < -0.39 is 0 Å². The lowest BCUT2D eigenvalue weighted by Gasteiger charge is -2.60. The van der Waals surface area contributed by atoms with Gasteiger partial charge >= 0.3 is 0 Å². The van der Waals surface area contributed by atoms with Crippen LogP contribution in [-0.2, 0) is 4.74 Å². The molecule has 1 N–H and O–H groups in total. The summed E-state index contributed by atoms with van der Waals surface area (Å²) in [5.74, 6) is 0.652. The van der Waals surface area contributed by atoms with Crippen molar-refractivity contribution in [1.82, 2.24) is 0 Å². The monoisotopic (exact) mass is 279 g/mol. The number of rotatable bonds is 2. The number of ether oxygens (including phenoxy) is 1. The van der Waals surface area contributed by atoms with Crippen LogP contribution in [0.4, 0.5) is 5.69 Å². The molecule has 0 radical (unpaired) electrons. The average molecular weight is 280 g/mol. The minimum atomic E-state index is 0.206. The molecule has 0 bridgehead atoms. The predicted molar refractivity (Wildman–Crippen MR) is 79.8 cm³/mol. The predicted octanol–water partition coefficient (Wildman–Crippen LogP) is 4.26. The minimum absolute atomic E-state index is 0.206. The maximum absolute atomic E-state index is 6.02. The van der Waals surface area contributed by atoms with Crippen LogP contribution in [0.2, 0.25) is 5.02 Å². The van der Waals surface area contributed by atoms with E-state index in [0.29, 0.717) is 18.1 Å². The lowest BCUT2D eigenvalue weighted by molar-refractivity contribution is -0.177. The van der Waals surface area contributed by atoms with Crippen molar-refractivity contribution >= 4 is 17.3 Å². The number of hydrogen-bond donors (Lipinski definition) is 1. The Morgan fingerprint density at radius 1 is 1.37 bits per heavy atom. The van der Waals surface area contributed by atoms with Crippen molar-refractivity contribution in [3.05, 3.63) is 28.8 Å². The third kappa shape index (κ3) is 2.15. The maximum Gasteiger partial charge on any atom is 0.0693 e. The number of halogens is 1. The van der Waals surface area contributed by atoms with Gasteiger partial charge in [0.25, 0.3) is 0 Å². The quantitative estimate of drug-likeness (QED) is 0.873. The van der Waals surface area contributed by atoms with Gasteiger partial charge in [0.15, 0.2) is 0 Å². The van der Waals surface area contributed by atoms with Crippen LogP contribution in [-0.4, -0.2) is 18.8 Å². The number of nitrogens with one attached hydrogen (secondary N) is 1. The van der Waals surface area contributed by atoms with E-state index in [1.165, 1.54) is 24.1 Å². The van der Waals surface area contributed by atoms with Crippen LogP contribution < -0.4 is 5.32 Å². The standard InChI is InChI=1S/C16H22ClNO/c1-10-9-11(17)6-7-13(10)18-14-12-5-4-8-19-15(12)16(14,2)3/h6-7,9,12,14-15,18H,4-5,8H2,1-3H3. The van der Waals surface area contributed by atoms with Gasteiger partial charge in [0.1, 0.15) is 0 Å². The minimum Gasteiger partial charge on any atom is -0.381 e. The molecule has 1 aliphatic carbocycles. The van der Waals surface area contributed by atoms with E-state index in [1.54, 1.807) is 0 Å². The summed E-state index contributed by atoms with van der Waals surface area (Å²) >= 11 is 6.02. The normalized spacial score (nSPS) is 32.3. The van der Waals surface area contributed by atoms with E-state index in [0.717, 1.165) is 11.6 Å². The highest BCUT2D eigenvalue weighted by molar-refractivity contribution is 6.30. The first kappa shape index (κ1) is 13.3. The molecular formula is C16H22ClNO. The maximum atomic E-state index is 6.02. The van der Waals surface area contributed by atoms with Crippen LogP contribution in [0.5, 0.6) is 0 Å². The van der Waals surface area contributed by atoms with Gasteiger partial charge in [-0.25, -0.2) is 0 Å². The molecule has 1 aromatic rings. The number of benzene rings is 1. The van der Waals surface area contributed by atoms with Gasteiger partial charge in [0.05, 0.1) is 6.10 Å². The molecule has 19 heavy (non-hydrogen) atoms. The SMILES string of the molecule is Cc1cc(Cl)ccc1NC1C2CCCOC2C1(C)C. The van der Waals surface area contributed by atoms with Crippen molar-refractivity contribution in [3.8, 4) is 0 Å². The second kappa shape index (κ2) is 4.68. The third-order valence-electron chi connectivity index (χ3n) is 4.83. The molecule has 2 fully saturated rings. The summed E-state index contributed by atoms with van der Waals surface area (Å²) in [6.07, 6.45) is 2.89. The van der Waals surface area contributed by atoms with Gasteiger partial charge in [-0.15, -0.1) is 0 Å². The first-order valence-corrected chi connectivity index (χ1v) is 7.52. The van der Waals surface area contributed by atoms with Crippen molar-refractivity contribution in [2.45, 2.75) is 45.8 Å². The average Bonchev–Trinajstić information content (AvgIpc) is 2.37. The third-order valence-corrected chi connectivity index (χ3v) is 5.07. The van der Waals surface area contributed by atoms with E-state index >= 15 is 0 Å². The molecule has 3 unspecified atom stereocenters. The van der Waals surface area contributed by atoms with Gasteiger partial charge in [-0.05, 0) is 43.5 Å². The second-order valence-corrected chi connectivity index (χ2v) is 6.94. The van der Waals surface area contributed by atoms with Gasteiger partial charge in [-0.3, -0.25) is 0 Å². The van der Waals surface area contributed by atoms with Crippen molar-refractivity contribution in [1.29, 1.82) is 0 Å². The molecule has 3 rings (SSSR count). The van der Waals surface area contributed by atoms with E-state index in [1.807, 2.05) is 12.1 Å². The summed E-state index contributed by atoms with van der Waals surface area (Å²) in [5.41, 5.74) is 2.62. The summed E-state index contributed by atoms with van der Waals surface area (Å²) in [6.45, 7) is 7.65. The molecule has 3 atom stereocenters. The van der Waals surface area contributed by atoms with Gasteiger partial charge in [-0.2, -0.15) is 0 Å². The van der Waals surface area contributed by atoms with Crippen molar-refractivity contribution in [2.24, 2.45) is 11.3 Å². The van der Waals surface area contributed by atoms with Crippen LogP contribution in [0.25, 0.3) is 0 Å². The Bertz CT molecular complexity index is 486. The fourth-order valence-electron chi connectivity index (χ4n) is 3.77. The first-order chi connectivity index (χ1) is 9.00. The zero-order valence-corrected chi connectivity index (χ0v) is 12.6. The second-order valence-electron chi connectivity index (χ2n) is 6.50. The van der Waals surface area contributed by atoms with Gasteiger partial charge in [0.2, 0.25) is 0 Å². The van der Waals surface area contributed by atoms with E-state index in [-0.39, 0.29) is 5.41 Å². The number of anilines is 1. The molecule has 3 heteroatoms. The summed E-state index contributed by atoms with van der Waals surface area (Å²) in [6, 6.07) is 6.56. The van der Waals surface area contributed by atoms with Crippen LogP contribution >= 0.6 is 11.6 Å². The molecule has 1 saturated carbocycles. The van der Waals surface area contributed by atoms with Crippen molar-refractivity contribution < 1.29 is 4.74 Å². The highest BCUT2D eigenvalue weighted by Gasteiger charge is 2.57. The molecular weight excluding hydrogens is 258 g/mol. The Hall–Kier alpha value is -0.730. The smallest absolute Gasteiger partial charge is 0.0693 e.